The highest BCUT2D eigenvalue weighted by Crippen LogP contribution is 2.71. The lowest BCUT2D eigenvalue weighted by atomic mass is 9.85. The number of methoxy groups -OCH3 is 1. The molecule has 1 saturated carbocycles. The molecular weight excluding hydrogens is 551 g/mol. The Morgan fingerprint density at radius 2 is 1.42 bits per heavy atom. The Kier molecular flexibility index (Phi) is 7.09. The summed E-state index contributed by atoms with van der Waals surface area (Å²) in [5, 5.41) is 22.4. The zero-order chi connectivity index (χ0) is 29.7. The molecule has 8 heteroatoms. The summed E-state index contributed by atoms with van der Waals surface area (Å²) in [5.41, 5.74) is 0.657. The maximum absolute atomic E-state index is 15.2. The third-order valence-electron chi connectivity index (χ3n) is 8.91. The van der Waals surface area contributed by atoms with E-state index in [9.17, 15) is 10.2 Å². The Labute approximate surface area is 249 Å². The Balaban J connectivity index is 1.27. The van der Waals surface area contributed by atoms with Gasteiger partial charge in [-0.1, -0.05) is 78.9 Å². The van der Waals surface area contributed by atoms with Crippen molar-refractivity contribution in [2.45, 2.75) is 54.9 Å². The smallest absolute Gasteiger partial charge is 0.226 e. The molecule has 0 aromatic heterocycles. The zero-order valence-electron chi connectivity index (χ0n) is 23.7. The monoisotopic (exact) mass is 584 g/mol. The van der Waals surface area contributed by atoms with E-state index in [1.807, 2.05) is 84.9 Å². The van der Waals surface area contributed by atoms with Crippen LogP contribution >= 0.6 is 0 Å². The largest absolute Gasteiger partial charge is 0.497 e. The third-order valence-corrected chi connectivity index (χ3v) is 8.91. The summed E-state index contributed by atoms with van der Waals surface area (Å²) in [5.74, 6) is -1.22. The van der Waals surface area contributed by atoms with Gasteiger partial charge in [0.25, 0.3) is 0 Å². The minimum Gasteiger partial charge on any atom is -0.497 e. The van der Waals surface area contributed by atoms with Crippen molar-refractivity contribution >= 4 is 0 Å². The van der Waals surface area contributed by atoms with E-state index in [2.05, 4.69) is 0 Å². The number of hydrogen-bond donors (Lipinski definition) is 2. The lowest BCUT2D eigenvalue weighted by Crippen LogP contribution is -2.67. The second-order valence-corrected chi connectivity index (χ2v) is 11.4. The topological polar surface area (TPSA) is 86.6 Å². The van der Waals surface area contributed by atoms with Crippen LogP contribution in [0.4, 0.5) is 4.39 Å². The van der Waals surface area contributed by atoms with Gasteiger partial charge in [-0.05, 0) is 46.5 Å². The summed E-state index contributed by atoms with van der Waals surface area (Å²) in [4.78, 5) is 0. The molecule has 4 aromatic carbocycles. The summed E-state index contributed by atoms with van der Waals surface area (Å²) in [7, 11) is 1.60. The number of halogens is 1. The van der Waals surface area contributed by atoms with Gasteiger partial charge in [0.15, 0.2) is 11.2 Å². The van der Waals surface area contributed by atoms with Crippen molar-refractivity contribution in [3.8, 4) is 5.75 Å². The second kappa shape index (κ2) is 10.8. The van der Waals surface area contributed by atoms with Crippen LogP contribution in [-0.2, 0) is 44.4 Å². The predicted molar refractivity (Wildman–Crippen MR) is 155 cm³/mol. The molecule has 3 heterocycles. The Morgan fingerprint density at radius 3 is 2.00 bits per heavy atom. The van der Waals surface area contributed by atoms with Gasteiger partial charge in [0.1, 0.15) is 29.9 Å². The standard InChI is InChI=1S/C35H33FO7/c1-39-28-15-12-23(13-16-28)18-26-19-27(14-17-29(26)36)35-31(41-21-25-10-6-3-7-11-25)30(40-20-24-8-4-2-5-9-24)34(38)32(42-35)33(34,22-37)43-35/h2-17,19,30-32,37-38H,18,20-22H2,1H3. The first kappa shape index (κ1) is 28.2. The lowest BCUT2D eigenvalue weighted by molar-refractivity contribution is -0.382. The molecule has 2 N–H and O–H groups in total. The average Bonchev–Trinajstić information content (AvgIpc) is 3.36. The number of aliphatic hydroxyl groups is 2. The number of fused-ring (bicyclic) bond motifs is 1. The molecule has 0 radical (unpaired) electrons. The highest BCUT2D eigenvalue weighted by Gasteiger charge is 2.95. The van der Waals surface area contributed by atoms with E-state index in [4.69, 9.17) is 23.7 Å². The number of hydrogen-bond acceptors (Lipinski definition) is 7. The normalized spacial score (nSPS) is 30.3. The van der Waals surface area contributed by atoms with Crippen LogP contribution in [0.15, 0.2) is 103 Å². The van der Waals surface area contributed by atoms with Crippen LogP contribution < -0.4 is 4.74 Å². The molecule has 4 aliphatic rings. The molecule has 4 bridgehead atoms. The number of ether oxygens (including phenoxy) is 5. The number of rotatable bonds is 11. The quantitative estimate of drug-likeness (QED) is 0.265. The zero-order valence-corrected chi connectivity index (χ0v) is 23.7. The first-order chi connectivity index (χ1) is 20.9. The highest BCUT2D eigenvalue weighted by atomic mass is 19.1. The Hall–Kier alpha value is -3.63. The van der Waals surface area contributed by atoms with Crippen LogP contribution in [0.25, 0.3) is 0 Å². The van der Waals surface area contributed by atoms with Crippen molar-refractivity contribution in [1.82, 2.24) is 0 Å². The van der Waals surface area contributed by atoms with Crippen molar-refractivity contribution in [1.29, 1.82) is 0 Å². The molecular formula is C35H33FO7. The van der Waals surface area contributed by atoms with Crippen LogP contribution in [-0.4, -0.2) is 53.4 Å². The SMILES string of the molecule is COc1ccc(Cc2cc(C34OC5C(CO)(O3)C5(O)C(OCc3ccccc3)C4OCc3ccccc3)ccc2F)cc1. The van der Waals surface area contributed by atoms with E-state index in [1.165, 1.54) is 6.07 Å². The van der Waals surface area contributed by atoms with Gasteiger partial charge in [0, 0.05) is 12.0 Å². The molecule has 6 atom stereocenters. The second-order valence-electron chi connectivity index (χ2n) is 11.4. The summed E-state index contributed by atoms with van der Waals surface area (Å²) in [6, 6.07) is 31.4. The van der Waals surface area contributed by atoms with Crippen LogP contribution in [0, 0.1) is 5.82 Å². The van der Waals surface area contributed by atoms with Crippen LogP contribution in [0.1, 0.15) is 27.8 Å². The van der Waals surface area contributed by atoms with E-state index >= 15 is 4.39 Å². The summed E-state index contributed by atoms with van der Waals surface area (Å²) in [6.07, 6.45) is -2.38. The van der Waals surface area contributed by atoms with Crippen molar-refractivity contribution < 1.29 is 38.3 Å². The summed E-state index contributed by atoms with van der Waals surface area (Å²) < 4.78 is 46.5. The fourth-order valence-corrected chi connectivity index (χ4v) is 6.57. The minimum atomic E-state index is -1.63. The van der Waals surface area contributed by atoms with Crippen molar-refractivity contribution in [3.05, 3.63) is 137 Å². The minimum absolute atomic E-state index is 0.192. The average molecular weight is 585 g/mol. The van der Waals surface area contributed by atoms with E-state index in [0.717, 1.165) is 16.7 Å². The summed E-state index contributed by atoms with van der Waals surface area (Å²) >= 11 is 0. The molecule has 3 aliphatic heterocycles. The summed E-state index contributed by atoms with van der Waals surface area (Å²) in [6.45, 7) is -0.0835. The molecule has 3 saturated heterocycles. The molecule has 222 valence electrons. The van der Waals surface area contributed by atoms with Crippen molar-refractivity contribution in [2.75, 3.05) is 13.7 Å². The maximum atomic E-state index is 15.2. The van der Waals surface area contributed by atoms with E-state index in [0.29, 0.717) is 23.3 Å². The maximum Gasteiger partial charge on any atom is 0.226 e. The van der Waals surface area contributed by atoms with Gasteiger partial charge in [0.05, 0.1) is 26.9 Å². The molecule has 0 spiro atoms. The van der Waals surface area contributed by atoms with Gasteiger partial charge in [-0.25, -0.2) is 4.39 Å². The Bertz CT molecular complexity index is 1580. The molecule has 7 nitrogen and oxygen atoms in total. The Morgan fingerprint density at radius 1 is 0.791 bits per heavy atom. The highest BCUT2D eigenvalue weighted by molar-refractivity contribution is 5.45. The van der Waals surface area contributed by atoms with Crippen molar-refractivity contribution in [3.63, 3.8) is 0 Å². The third kappa shape index (κ3) is 4.49. The molecule has 4 aromatic rings. The number of aliphatic hydroxyl groups excluding tert-OH is 1. The van der Waals surface area contributed by atoms with Gasteiger partial charge >= 0.3 is 0 Å². The first-order valence-corrected chi connectivity index (χ1v) is 14.4. The molecule has 4 fully saturated rings. The molecule has 0 amide bonds. The van der Waals surface area contributed by atoms with Crippen molar-refractivity contribution in [2.24, 2.45) is 0 Å². The van der Waals surface area contributed by atoms with Gasteiger partial charge in [-0.2, -0.15) is 0 Å². The van der Waals surface area contributed by atoms with Gasteiger partial charge < -0.3 is 33.9 Å². The van der Waals surface area contributed by atoms with Gasteiger partial charge in [0.2, 0.25) is 5.79 Å². The van der Waals surface area contributed by atoms with Crippen LogP contribution in [0.5, 0.6) is 5.75 Å². The predicted octanol–water partition coefficient (Wildman–Crippen LogP) is 4.65. The fraction of sp³-hybridized carbons (Fsp3) is 0.314. The molecule has 8 rings (SSSR count). The van der Waals surface area contributed by atoms with Crippen LogP contribution in [0.2, 0.25) is 0 Å². The van der Waals surface area contributed by atoms with E-state index in [-0.39, 0.29) is 19.0 Å². The van der Waals surface area contributed by atoms with E-state index in [1.54, 1.807) is 19.2 Å². The molecule has 43 heavy (non-hydrogen) atoms. The van der Waals surface area contributed by atoms with Crippen LogP contribution in [0.3, 0.4) is 0 Å². The van der Waals surface area contributed by atoms with Gasteiger partial charge in [-0.15, -0.1) is 0 Å². The molecule has 6 unspecified atom stereocenters. The first-order valence-electron chi connectivity index (χ1n) is 14.4. The van der Waals surface area contributed by atoms with Gasteiger partial charge in [-0.3, -0.25) is 0 Å². The lowest BCUT2D eigenvalue weighted by Gasteiger charge is -2.50. The number of benzene rings is 4. The van der Waals surface area contributed by atoms with E-state index < -0.39 is 41.9 Å². The fourth-order valence-electron chi connectivity index (χ4n) is 6.57. The molecule has 1 aliphatic carbocycles.